The lowest BCUT2D eigenvalue weighted by molar-refractivity contribution is 0.0346. The largest absolute Gasteiger partial charge is 0.377 e. The smallest absolute Gasteiger partial charge is 0.165 e. The van der Waals surface area contributed by atoms with Crippen LogP contribution in [0.15, 0.2) is 0 Å². The fourth-order valence-corrected chi connectivity index (χ4v) is 2.22. The average molecular weight is 179 g/mol. The van der Waals surface area contributed by atoms with E-state index in [9.17, 15) is 8.42 Å². The predicted octanol–water partition coefficient (Wildman–Crippen LogP) is -0.681. The van der Waals surface area contributed by atoms with Crippen molar-refractivity contribution in [1.29, 1.82) is 0 Å². The minimum atomic E-state index is -2.97. The Kier molecular flexibility index (Phi) is 2.51. The summed E-state index contributed by atoms with van der Waals surface area (Å²) in [5.41, 5.74) is 0. The molecule has 1 aliphatic rings. The van der Waals surface area contributed by atoms with E-state index in [-0.39, 0.29) is 0 Å². The van der Waals surface area contributed by atoms with Gasteiger partial charge in [0.05, 0.1) is 13.2 Å². The molecule has 0 spiro atoms. The van der Waals surface area contributed by atoms with Crippen LogP contribution in [0.3, 0.4) is 0 Å². The Balaban J connectivity index is 2.70. The van der Waals surface area contributed by atoms with Gasteiger partial charge in [-0.1, -0.05) is 0 Å². The van der Waals surface area contributed by atoms with Crippen molar-refractivity contribution in [3.63, 3.8) is 0 Å². The Morgan fingerprint density at radius 2 is 2.18 bits per heavy atom. The highest BCUT2D eigenvalue weighted by molar-refractivity contribution is 7.91. The van der Waals surface area contributed by atoms with Crippen LogP contribution in [-0.2, 0) is 14.6 Å². The fourth-order valence-electron chi connectivity index (χ4n) is 1.11. The first kappa shape index (κ1) is 8.96. The van der Waals surface area contributed by atoms with Gasteiger partial charge in [0.1, 0.15) is 5.37 Å². The van der Waals surface area contributed by atoms with Crippen LogP contribution in [0.5, 0.6) is 0 Å². The Bertz CT molecular complexity index is 224. The van der Waals surface area contributed by atoms with Crippen LogP contribution < -0.4 is 0 Å². The monoisotopic (exact) mass is 179 g/mol. The molecule has 1 heterocycles. The molecule has 1 rings (SSSR count). The Labute approximate surface area is 67.1 Å². The molecule has 1 aliphatic heterocycles. The molecule has 4 nitrogen and oxygen atoms in total. The van der Waals surface area contributed by atoms with Gasteiger partial charge in [-0.2, -0.15) is 0 Å². The molecule has 1 fully saturated rings. The molecule has 0 aliphatic carbocycles. The summed E-state index contributed by atoms with van der Waals surface area (Å²) in [6, 6.07) is 0. The number of morpholine rings is 1. The van der Waals surface area contributed by atoms with E-state index in [1.165, 1.54) is 6.26 Å². The Morgan fingerprint density at radius 3 is 2.55 bits per heavy atom. The number of ether oxygens (including phenoxy) is 1. The molecule has 66 valence electrons. The first-order valence-corrected chi connectivity index (χ1v) is 5.44. The molecule has 0 amide bonds. The number of sulfone groups is 1. The molecule has 0 bridgehead atoms. The highest BCUT2D eigenvalue weighted by atomic mass is 32.2. The second kappa shape index (κ2) is 3.08. The van der Waals surface area contributed by atoms with Gasteiger partial charge in [0.25, 0.3) is 0 Å². The minimum absolute atomic E-state index is 0.301. The van der Waals surface area contributed by atoms with Gasteiger partial charge in [-0.25, -0.2) is 8.42 Å². The highest BCUT2D eigenvalue weighted by Crippen LogP contribution is 2.08. The third-order valence-electron chi connectivity index (χ3n) is 1.83. The topological polar surface area (TPSA) is 46.6 Å². The number of rotatable bonds is 1. The molecular weight excluding hydrogens is 166 g/mol. The van der Waals surface area contributed by atoms with Crippen LogP contribution in [0.25, 0.3) is 0 Å². The first-order chi connectivity index (χ1) is 5.02. The molecule has 1 saturated heterocycles. The van der Waals surface area contributed by atoms with Crippen LogP contribution in [0.2, 0.25) is 0 Å². The van der Waals surface area contributed by atoms with Crippen LogP contribution in [0.4, 0.5) is 0 Å². The SMILES string of the molecule is CN1CCOCC1S(C)(=O)=O. The third-order valence-corrected chi connectivity index (χ3v) is 3.32. The van der Waals surface area contributed by atoms with Gasteiger partial charge in [0.2, 0.25) is 0 Å². The fraction of sp³-hybridized carbons (Fsp3) is 1.00. The van der Waals surface area contributed by atoms with E-state index in [1.54, 1.807) is 11.9 Å². The van der Waals surface area contributed by atoms with Gasteiger partial charge < -0.3 is 4.74 Å². The standard InChI is InChI=1S/C6H13NO3S/c1-7-3-4-10-5-6(7)11(2,8)9/h6H,3-5H2,1-2H3. The zero-order valence-electron chi connectivity index (χ0n) is 6.78. The van der Waals surface area contributed by atoms with Crippen molar-refractivity contribution in [2.24, 2.45) is 0 Å². The van der Waals surface area contributed by atoms with E-state index < -0.39 is 15.2 Å². The van der Waals surface area contributed by atoms with Crippen molar-refractivity contribution < 1.29 is 13.2 Å². The average Bonchev–Trinajstić information content (AvgIpc) is 1.86. The third kappa shape index (κ3) is 2.15. The van der Waals surface area contributed by atoms with Crippen molar-refractivity contribution in [3.05, 3.63) is 0 Å². The van der Waals surface area contributed by atoms with Gasteiger partial charge in [0, 0.05) is 12.8 Å². The summed E-state index contributed by atoms with van der Waals surface area (Å²) in [7, 11) is -1.17. The zero-order chi connectivity index (χ0) is 8.48. The molecule has 1 atom stereocenters. The van der Waals surface area contributed by atoms with Crippen molar-refractivity contribution in [3.8, 4) is 0 Å². The molecule has 1 unspecified atom stereocenters. The summed E-state index contributed by atoms with van der Waals surface area (Å²) in [5, 5.41) is -0.448. The number of hydrogen-bond donors (Lipinski definition) is 0. The molecule has 5 heteroatoms. The molecular formula is C6H13NO3S. The van der Waals surface area contributed by atoms with Gasteiger partial charge in [-0.15, -0.1) is 0 Å². The van der Waals surface area contributed by atoms with Crippen LogP contribution in [0, 0.1) is 0 Å². The van der Waals surface area contributed by atoms with Crippen molar-refractivity contribution in [2.45, 2.75) is 5.37 Å². The van der Waals surface area contributed by atoms with Gasteiger partial charge >= 0.3 is 0 Å². The molecule has 0 aromatic heterocycles. The summed E-state index contributed by atoms with van der Waals surface area (Å²) in [6.45, 7) is 1.62. The maximum absolute atomic E-state index is 11.1. The highest BCUT2D eigenvalue weighted by Gasteiger charge is 2.28. The minimum Gasteiger partial charge on any atom is -0.377 e. The van der Waals surface area contributed by atoms with Crippen molar-refractivity contribution in [2.75, 3.05) is 33.1 Å². The lowest BCUT2D eigenvalue weighted by Gasteiger charge is -2.30. The maximum Gasteiger partial charge on any atom is 0.165 e. The zero-order valence-corrected chi connectivity index (χ0v) is 7.60. The summed E-state index contributed by atoms with van der Waals surface area (Å²) >= 11 is 0. The number of hydrogen-bond acceptors (Lipinski definition) is 4. The van der Waals surface area contributed by atoms with E-state index in [1.807, 2.05) is 0 Å². The molecule has 0 aromatic carbocycles. The summed E-state index contributed by atoms with van der Waals surface area (Å²) in [6.07, 6.45) is 1.24. The van der Waals surface area contributed by atoms with Crippen LogP contribution >= 0.6 is 0 Å². The quantitative estimate of drug-likeness (QED) is 0.535. The second-order valence-electron chi connectivity index (χ2n) is 2.84. The maximum atomic E-state index is 11.1. The van der Waals surface area contributed by atoms with Crippen LogP contribution in [-0.4, -0.2) is 51.8 Å². The second-order valence-corrected chi connectivity index (χ2v) is 5.04. The van der Waals surface area contributed by atoms with Gasteiger partial charge in [0.15, 0.2) is 9.84 Å². The summed E-state index contributed by atoms with van der Waals surface area (Å²) < 4.78 is 27.2. The van der Waals surface area contributed by atoms with E-state index in [4.69, 9.17) is 4.74 Å². The first-order valence-electron chi connectivity index (χ1n) is 3.48. The number of nitrogens with zero attached hydrogens (tertiary/aromatic N) is 1. The molecule has 0 N–H and O–H groups in total. The molecule has 0 aromatic rings. The van der Waals surface area contributed by atoms with Gasteiger partial charge in [-0.3, -0.25) is 4.90 Å². The molecule has 0 radical (unpaired) electrons. The van der Waals surface area contributed by atoms with E-state index >= 15 is 0 Å². The summed E-state index contributed by atoms with van der Waals surface area (Å²) in [5.74, 6) is 0. The molecule has 0 saturated carbocycles. The lowest BCUT2D eigenvalue weighted by atomic mass is 10.5. The normalized spacial score (nSPS) is 28.7. The predicted molar refractivity (Wildman–Crippen MR) is 42.1 cm³/mol. The van der Waals surface area contributed by atoms with Crippen molar-refractivity contribution >= 4 is 9.84 Å². The Morgan fingerprint density at radius 1 is 1.55 bits per heavy atom. The van der Waals surface area contributed by atoms with E-state index in [0.717, 1.165) is 0 Å². The summed E-state index contributed by atoms with van der Waals surface area (Å²) in [4.78, 5) is 1.80. The van der Waals surface area contributed by atoms with E-state index in [2.05, 4.69) is 0 Å². The van der Waals surface area contributed by atoms with E-state index in [0.29, 0.717) is 19.8 Å². The van der Waals surface area contributed by atoms with Crippen molar-refractivity contribution in [1.82, 2.24) is 4.90 Å². The lowest BCUT2D eigenvalue weighted by Crippen LogP contribution is -2.47. The number of likely N-dealkylation sites (N-methyl/N-ethyl adjacent to an activating group) is 1. The molecule has 11 heavy (non-hydrogen) atoms. The van der Waals surface area contributed by atoms with Crippen LogP contribution in [0.1, 0.15) is 0 Å². The van der Waals surface area contributed by atoms with Gasteiger partial charge in [-0.05, 0) is 7.05 Å². The Hall–Kier alpha value is -0.130.